The lowest BCUT2D eigenvalue weighted by Crippen LogP contribution is -2.47. The van der Waals surface area contributed by atoms with E-state index in [0.717, 1.165) is 4.90 Å². The monoisotopic (exact) mass is 279 g/mol. The molecule has 20 heavy (non-hydrogen) atoms. The molecule has 0 radical (unpaired) electrons. The molecule has 5 nitrogen and oxygen atoms in total. The summed E-state index contributed by atoms with van der Waals surface area (Å²) in [6.45, 7) is 1.45. The summed E-state index contributed by atoms with van der Waals surface area (Å²) in [7, 11) is 0. The fourth-order valence-electron chi connectivity index (χ4n) is 2.35. The minimum absolute atomic E-state index is 0.116. The van der Waals surface area contributed by atoms with Gasteiger partial charge in [0, 0.05) is 13.1 Å². The normalized spacial score (nSPS) is 22.3. The number of carboxylic acid groups (broad SMARTS) is 2. The molecule has 106 valence electrons. The number of benzene rings is 1. The second-order valence-electron chi connectivity index (χ2n) is 4.93. The number of nitrogens with zero attached hydrogens (tertiary/aromatic N) is 1. The van der Waals surface area contributed by atoms with E-state index in [9.17, 15) is 19.1 Å². The average Bonchev–Trinajstić information content (AvgIpc) is 2.39. The van der Waals surface area contributed by atoms with Gasteiger partial charge in [0.1, 0.15) is 11.2 Å². The Morgan fingerprint density at radius 2 is 1.85 bits per heavy atom. The number of aliphatic carboxylic acids is 1. The average molecular weight is 279 g/mol. The van der Waals surface area contributed by atoms with E-state index >= 15 is 0 Å². The lowest BCUT2D eigenvalue weighted by atomic mass is 9.76. The molecule has 0 aromatic heterocycles. The van der Waals surface area contributed by atoms with Gasteiger partial charge in [0.05, 0.1) is 0 Å². The van der Waals surface area contributed by atoms with Gasteiger partial charge in [-0.1, -0.05) is 18.2 Å². The van der Waals surface area contributed by atoms with Crippen molar-refractivity contribution >= 4 is 17.6 Å². The first-order valence-corrected chi connectivity index (χ1v) is 6.02. The predicted molar refractivity (Wildman–Crippen MR) is 69.7 cm³/mol. The number of rotatable bonds is 2. The van der Waals surface area contributed by atoms with Crippen molar-refractivity contribution in [1.82, 2.24) is 4.90 Å². The lowest BCUT2D eigenvalue weighted by Gasteiger charge is -2.37. The van der Waals surface area contributed by atoms with Crippen molar-refractivity contribution in [1.29, 1.82) is 0 Å². The second-order valence-corrected chi connectivity index (χ2v) is 4.93. The number of halogens is 1. The first-order chi connectivity index (χ1) is 9.34. The summed E-state index contributed by atoms with van der Waals surface area (Å²) in [6.07, 6.45) is 0.408. The predicted octanol–water partition coefficient (Wildman–Crippen LogP) is 2.29. The first-order valence-electron chi connectivity index (χ1n) is 6.02. The highest BCUT2D eigenvalue weighted by molar-refractivity contribution is 5.93. The zero-order valence-corrected chi connectivity index (χ0v) is 10.8. The third kappa shape index (κ3) is 2.36. The number of carboxylic acids is 1. The highest BCUT2D eigenvalue weighted by atomic mass is 19.1. The van der Waals surface area contributed by atoms with E-state index in [1.165, 1.54) is 31.2 Å². The molecule has 0 aliphatic carbocycles. The topological polar surface area (TPSA) is 77.8 Å². The molecule has 1 aliphatic rings. The summed E-state index contributed by atoms with van der Waals surface area (Å²) in [5, 5.41) is 18.4. The number of hydrogen-bond acceptors (Lipinski definition) is 2. The van der Waals surface area contributed by atoms with Crippen LogP contribution in [0.4, 0.5) is 9.18 Å². The fourth-order valence-corrected chi connectivity index (χ4v) is 2.35. The van der Waals surface area contributed by atoms with Crippen LogP contribution in [0, 0.1) is 11.2 Å². The van der Waals surface area contributed by atoms with E-state index in [4.69, 9.17) is 5.11 Å². The maximum absolute atomic E-state index is 13.0. The molecule has 6 heteroatoms. The van der Waals surface area contributed by atoms with Crippen LogP contribution >= 0.6 is 0 Å². The molecule has 1 atom stereocenters. The highest BCUT2D eigenvalue weighted by Crippen LogP contribution is 2.38. The summed E-state index contributed by atoms with van der Waals surface area (Å²) < 4.78 is 13.0. The molecule has 1 aromatic rings. The SMILES string of the molecule is CC1(C(=O)O)CN(C(=O)O)CC=C1c1ccc(F)cc1. The minimum atomic E-state index is -1.35. The van der Waals surface area contributed by atoms with Crippen LogP contribution in [0.3, 0.4) is 0 Å². The molecule has 0 fully saturated rings. The maximum Gasteiger partial charge on any atom is 0.407 e. The van der Waals surface area contributed by atoms with Gasteiger partial charge in [-0.25, -0.2) is 9.18 Å². The van der Waals surface area contributed by atoms with Crippen molar-refractivity contribution < 1.29 is 24.2 Å². The molecule has 0 saturated heterocycles. The summed E-state index contributed by atoms with van der Waals surface area (Å²) in [5.41, 5.74) is -0.266. The van der Waals surface area contributed by atoms with Gasteiger partial charge in [0.25, 0.3) is 0 Å². The van der Waals surface area contributed by atoms with Crippen LogP contribution < -0.4 is 0 Å². The van der Waals surface area contributed by atoms with Gasteiger partial charge in [-0.05, 0) is 30.2 Å². The molecular weight excluding hydrogens is 265 g/mol. The zero-order chi connectivity index (χ0) is 14.9. The lowest BCUT2D eigenvalue weighted by molar-refractivity contribution is -0.145. The van der Waals surface area contributed by atoms with Crippen molar-refractivity contribution in [2.24, 2.45) is 5.41 Å². The van der Waals surface area contributed by atoms with Gasteiger partial charge >= 0.3 is 12.1 Å². The van der Waals surface area contributed by atoms with E-state index in [1.54, 1.807) is 6.08 Å². The van der Waals surface area contributed by atoms with Gasteiger partial charge in [0.15, 0.2) is 0 Å². The van der Waals surface area contributed by atoms with Crippen LogP contribution in [0.1, 0.15) is 12.5 Å². The molecule has 2 rings (SSSR count). The van der Waals surface area contributed by atoms with E-state index in [1.807, 2.05) is 0 Å². The fraction of sp³-hybridized carbons (Fsp3) is 0.286. The van der Waals surface area contributed by atoms with E-state index in [0.29, 0.717) is 11.1 Å². The molecule has 0 saturated carbocycles. The highest BCUT2D eigenvalue weighted by Gasteiger charge is 2.43. The van der Waals surface area contributed by atoms with Gasteiger partial charge in [-0.3, -0.25) is 4.79 Å². The van der Waals surface area contributed by atoms with Gasteiger partial charge in [0.2, 0.25) is 0 Å². The second kappa shape index (κ2) is 4.96. The smallest absolute Gasteiger partial charge is 0.407 e. The van der Waals surface area contributed by atoms with E-state index < -0.39 is 23.3 Å². The Morgan fingerprint density at radius 3 is 2.35 bits per heavy atom. The Morgan fingerprint density at radius 1 is 1.25 bits per heavy atom. The maximum atomic E-state index is 13.0. The van der Waals surface area contributed by atoms with Crippen molar-refractivity contribution in [3.63, 3.8) is 0 Å². The van der Waals surface area contributed by atoms with Crippen LogP contribution in [0.5, 0.6) is 0 Å². The van der Waals surface area contributed by atoms with Gasteiger partial charge < -0.3 is 15.1 Å². The largest absolute Gasteiger partial charge is 0.481 e. The van der Waals surface area contributed by atoms with E-state index in [-0.39, 0.29) is 13.1 Å². The third-order valence-electron chi connectivity index (χ3n) is 3.52. The van der Waals surface area contributed by atoms with Crippen molar-refractivity contribution in [2.45, 2.75) is 6.92 Å². The Kier molecular flexibility index (Phi) is 3.48. The Balaban J connectivity index is 2.46. The first kappa shape index (κ1) is 14.0. The van der Waals surface area contributed by atoms with Crippen LogP contribution in [-0.2, 0) is 4.79 Å². The quantitative estimate of drug-likeness (QED) is 0.870. The van der Waals surface area contributed by atoms with Crippen LogP contribution in [0.25, 0.3) is 5.57 Å². The summed E-state index contributed by atoms with van der Waals surface area (Å²) in [6, 6.07) is 5.50. The molecule has 2 N–H and O–H groups in total. The summed E-state index contributed by atoms with van der Waals surface area (Å²) in [4.78, 5) is 23.6. The molecule has 1 aromatic carbocycles. The number of amides is 1. The van der Waals surface area contributed by atoms with Crippen LogP contribution in [0.15, 0.2) is 30.3 Å². The summed E-state index contributed by atoms with van der Waals surface area (Å²) in [5.74, 6) is -1.52. The van der Waals surface area contributed by atoms with Gasteiger partial charge in [-0.2, -0.15) is 0 Å². The van der Waals surface area contributed by atoms with Crippen molar-refractivity contribution in [3.05, 3.63) is 41.7 Å². The van der Waals surface area contributed by atoms with Crippen molar-refractivity contribution in [2.75, 3.05) is 13.1 Å². The molecular formula is C14H14FNO4. The standard InChI is InChI=1S/C14H14FNO4/c1-14(12(17)18)8-16(13(19)20)7-6-11(14)9-2-4-10(15)5-3-9/h2-6H,7-8H2,1H3,(H,17,18)(H,19,20). The molecule has 1 heterocycles. The number of hydrogen-bond donors (Lipinski definition) is 2. The molecule has 0 bridgehead atoms. The molecule has 0 spiro atoms. The zero-order valence-electron chi connectivity index (χ0n) is 10.8. The van der Waals surface area contributed by atoms with Gasteiger partial charge in [-0.15, -0.1) is 0 Å². The van der Waals surface area contributed by atoms with Crippen LogP contribution in [-0.4, -0.2) is 40.3 Å². The molecule has 1 aliphatic heterocycles. The third-order valence-corrected chi connectivity index (χ3v) is 3.52. The van der Waals surface area contributed by atoms with Crippen molar-refractivity contribution in [3.8, 4) is 0 Å². The molecule has 1 amide bonds. The minimum Gasteiger partial charge on any atom is -0.481 e. The Bertz CT molecular complexity index is 581. The summed E-state index contributed by atoms with van der Waals surface area (Å²) >= 11 is 0. The Hall–Kier alpha value is -2.37. The molecule has 1 unspecified atom stereocenters. The number of carbonyl (C=O) groups is 2. The van der Waals surface area contributed by atoms with E-state index in [2.05, 4.69) is 0 Å². The Labute approximate surface area is 114 Å². The van der Waals surface area contributed by atoms with Crippen LogP contribution in [0.2, 0.25) is 0 Å².